The maximum atomic E-state index is 11.1. The van der Waals surface area contributed by atoms with Gasteiger partial charge in [0.25, 0.3) is 0 Å². The van der Waals surface area contributed by atoms with Gasteiger partial charge in [0.2, 0.25) is 11.8 Å². The third-order valence-corrected chi connectivity index (χ3v) is 1.98. The van der Waals surface area contributed by atoms with Gasteiger partial charge in [0.05, 0.1) is 0 Å². The Balaban J connectivity index is 2.22. The zero-order valence-corrected chi connectivity index (χ0v) is 8.77. The number of hydrogen-bond acceptors (Lipinski definition) is 2. The summed E-state index contributed by atoms with van der Waals surface area (Å²) in [6.07, 6.45) is 1.92. The number of benzene rings is 1. The Hall–Kier alpha value is -1.64. The summed E-state index contributed by atoms with van der Waals surface area (Å²) in [5.41, 5.74) is 1.20. The fourth-order valence-electron chi connectivity index (χ4n) is 1.32. The van der Waals surface area contributed by atoms with E-state index in [0.717, 1.165) is 12.8 Å². The van der Waals surface area contributed by atoms with Gasteiger partial charge in [-0.25, -0.2) is 0 Å². The Morgan fingerprint density at radius 1 is 1.20 bits per heavy atom. The van der Waals surface area contributed by atoms with Crippen LogP contribution in [0, 0.1) is 0 Å². The highest BCUT2D eigenvalue weighted by Gasteiger charge is 2.05. The average molecular weight is 204 g/mol. The van der Waals surface area contributed by atoms with Crippen molar-refractivity contribution in [2.45, 2.75) is 26.2 Å². The predicted octanol–water partition coefficient (Wildman–Crippen LogP) is 1.69. The number of aryl methyl sites for hydroxylation is 1. The molecule has 1 rings (SSSR count). The molecule has 1 aromatic carbocycles. The summed E-state index contributed by atoms with van der Waals surface area (Å²) in [7, 11) is 0. The van der Waals surface area contributed by atoms with Crippen molar-refractivity contribution in [2.24, 2.45) is 0 Å². The van der Waals surface area contributed by atoms with Crippen LogP contribution in [0.15, 0.2) is 30.3 Å². The van der Waals surface area contributed by atoms with Crippen molar-refractivity contribution in [2.75, 3.05) is 0 Å². The molecule has 0 atom stereocenters. The van der Waals surface area contributed by atoms with E-state index >= 15 is 0 Å². The van der Waals surface area contributed by atoms with Gasteiger partial charge in [0.1, 0.15) is 0 Å². The average Bonchev–Trinajstić information content (AvgIpc) is 2.18. The lowest BCUT2D eigenvalue weighted by atomic mass is 10.1. The highest BCUT2D eigenvalue weighted by atomic mass is 16.2. The molecule has 0 unspecified atom stereocenters. The van der Waals surface area contributed by atoms with Gasteiger partial charge in [-0.3, -0.25) is 9.59 Å². The van der Waals surface area contributed by atoms with Gasteiger partial charge in [-0.05, 0) is 18.4 Å². The minimum atomic E-state index is -0.417. The molecule has 0 saturated carbocycles. The van der Waals surface area contributed by atoms with Crippen molar-refractivity contribution in [1.82, 2.24) is 5.32 Å². The monoisotopic (exact) mass is 204 g/mol. The number of carbonyl (C=O) groups is 2. The van der Waals surface area contributed by atoms with Crippen molar-refractivity contribution in [1.29, 1.82) is 0 Å². The number of nitrogens with zero attached hydrogens (tertiary/aromatic N) is 1. The van der Waals surface area contributed by atoms with Crippen LogP contribution in [0.25, 0.3) is 0 Å². The van der Waals surface area contributed by atoms with Gasteiger partial charge in [-0.1, -0.05) is 30.3 Å². The summed E-state index contributed by atoms with van der Waals surface area (Å²) in [5.74, 6) is -0.738. The maximum absolute atomic E-state index is 11.1. The lowest BCUT2D eigenvalue weighted by Crippen LogP contribution is -2.19. The molecular weight excluding hydrogens is 190 g/mol. The van der Waals surface area contributed by atoms with E-state index in [1.807, 2.05) is 30.3 Å². The van der Waals surface area contributed by atoms with E-state index < -0.39 is 5.91 Å². The van der Waals surface area contributed by atoms with Gasteiger partial charge < -0.3 is 0 Å². The van der Waals surface area contributed by atoms with Crippen LogP contribution >= 0.6 is 0 Å². The summed E-state index contributed by atoms with van der Waals surface area (Å²) in [6, 6.07) is 9.94. The van der Waals surface area contributed by atoms with Crippen molar-refractivity contribution in [3.05, 3.63) is 35.9 Å². The lowest BCUT2D eigenvalue weighted by Gasteiger charge is -1.99. The van der Waals surface area contributed by atoms with Crippen LogP contribution in [0.2, 0.25) is 0 Å². The Morgan fingerprint density at radius 2 is 1.87 bits per heavy atom. The van der Waals surface area contributed by atoms with E-state index in [1.165, 1.54) is 12.5 Å². The quantitative estimate of drug-likeness (QED) is 0.749. The fraction of sp³-hybridized carbons (Fsp3) is 0.333. The number of imide groups is 1. The van der Waals surface area contributed by atoms with E-state index in [1.54, 1.807) is 0 Å². The normalized spacial score (nSPS) is 9.67. The molecule has 0 aliphatic carbocycles. The van der Waals surface area contributed by atoms with Crippen molar-refractivity contribution >= 4 is 11.8 Å². The summed E-state index contributed by atoms with van der Waals surface area (Å²) in [6.45, 7) is 1.29. The summed E-state index contributed by atoms with van der Waals surface area (Å²) in [4.78, 5) is 21.6. The van der Waals surface area contributed by atoms with E-state index in [9.17, 15) is 9.59 Å². The number of rotatable bonds is 4. The molecule has 1 radical (unpaired) electrons. The zero-order chi connectivity index (χ0) is 11.1. The minimum absolute atomic E-state index is 0.321. The van der Waals surface area contributed by atoms with Crippen molar-refractivity contribution in [3.63, 3.8) is 0 Å². The molecule has 0 bridgehead atoms. The predicted molar refractivity (Wildman–Crippen MR) is 57.2 cm³/mol. The molecule has 0 heterocycles. The van der Waals surface area contributed by atoms with Gasteiger partial charge >= 0.3 is 0 Å². The van der Waals surface area contributed by atoms with Gasteiger partial charge in [-0.15, -0.1) is 0 Å². The van der Waals surface area contributed by atoms with Gasteiger partial charge in [0, 0.05) is 13.3 Å². The number of carbonyl (C=O) groups excluding carboxylic acids is 2. The van der Waals surface area contributed by atoms with Crippen LogP contribution in [0.5, 0.6) is 0 Å². The first-order valence-corrected chi connectivity index (χ1v) is 4.97. The van der Waals surface area contributed by atoms with E-state index in [-0.39, 0.29) is 5.91 Å². The molecule has 0 N–H and O–H groups in total. The molecule has 0 spiro atoms. The highest BCUT2D eigenvalue weighted by molar-refractivity contribution is 5.93. The molecular formula is C12H14NO2. The molecule has 0 aliphatic rings. The fourth-order valence-corrected chi connectivity index (χ4v) is 1.32. The first-order valence-electron chi connectivity index (χ1n) is 4.97. The molecule has 0 fully saturated rings. The second kappa shape index (κ2) is 5.96. The summed E-state index contributed by atoms with van der Waals surface area (Å²) in [5, 5.41) is 3.33. The van der Waals surface area contributed by atoms with E-state index in [4.69, 9.17) is 0 Å². The van der Waals surface area contributed by atoms with Gasteiger partial charge in [0.15, 0.2) is 0 Å². The largest absolute Gasteiger partial charge is 0.273 e. The maximum Gasteiger partial charge on any atom is 0.248 e. The Bertz CT molecular complexity index is 333. The lowest BCUT2D eigenvalue weighted by molar-refractivity contribution is -0.129. The minimum Gasteiger partial charge on any atom is -0.273 e. The molecule has 3 nitrogen and oxygen atoms in total. The van der Waals surface area contributed by atoms with Crippen LogP contribution < -0.4 is 5.32 Å². The standard InChI is InChI=1S/C12H14NO2/c1-10(14)13-12(15)9-5-8-11-6-3-2-4-7-11/h2-4,6-7H,5,8-9H2,1H3. The second-order valence-electron chi connectivity index (χ2n) is 3.36. The van der Waals surface area contributed by atoms with Crippen molar-refractivity contribution in [3.8, 4) is 0 Å². The Kier molecular flexibility index (Phi) is 4.54. The molecule has 0 aliphatic heterocycles. The Morgan fingerprint density at radius 3 is 2.47 bits per heavy atom. The molecule has 3 heteroatoms. The molecule has 2 amide bonds. The van der Waals surface area contributed by atoms with E-state index in [0.29, 0.717) is 6.42 Å². The van der Waals surface area contributed by atoms with Gasteiger partial charge in [-0.2, -0.15) is 5.32 Å². The first-order chi connectivity index (χ1) is 7.18. The molecule has 79 valence electrons. The molecule has 15 heavy (non-hydrogen) atoms. The van der Waals surface area contributed by atoms with Crippen molar-refractivity contribution < 1.29 is 9.59 Å². The van der Waals surface area contributed by atoms with Crippen LogP contribution in [0.1, 0.15) is 25.3 Å². The van der Waals surface area contributed by atoms with Crippen LogP contribution in [0.4, 0.5) is 0 Å². The highest BCUT2D eigenvalue weighted by Crippen LogP contribution is 2.04. The van der Waals surface area contributed by atoms with E-state index in [2.05, 4.69) is 5.32 Å². The first kappa shape index (κ1) is 11.4. The van der Waals surface area contributed by atoms with Crippen LogP contribution in [-0.4, -0.2) is 11.8 Å². The van der Waals surface area contributed by atoms with Crippen LogP contribution in [0.3, 0.4) is 0 Å². The smallest absolute Gasteiger partial charge is 0.248 e. The molecule has 1 aromatic rings. The number of hydrogen-bond donors (Lipinski definition) is 0. The topological polar surface area (TPSA) is 48.2 Å². The summed E-state index contributed by atoms with van der Waals surface area (Å²) < 4.78 is 0. The SMILES string of the molecule is CC(=O)[N]C(=O)CCCc1ccccc1. The third kappa shape index (κ3) is 4.96. The zero-order valence-electron chi connectivity index (χ0n) is 8.77. The van der Waals surface area contributed by atoms with Crippen LogP contribution in [-0.2, 0) is 16.0 Å². The Labute approximate surface area is 89.5 Å². The second-order valence-corrected chi connectivity index (χ2v) is 3.36. The molecule has 0 saturated heterocycles. The molecule has 0 aromatic heterocycles. The number of amides is 2. The summed E-state index contributed by atoms with van der Waals surface area (Å²) >= 11 is 0. The third-order valence-electron chi connectivity index (χ3n) is 1.98.